The summed E-state index contributed by atoms with van der Waals surface area (Å²) in [5.74, 6) is 1.87. The molecule has 1 aliphatic carbocycles. The van der Waals surface area contributed by atoms with Gasteiger partial charge in [-0.25, -0.2) is 9.97 Å². The van der Waals surface area contributed by atoms with Crippen LogP contribution in [0.25, 0.3) is 0 Å². The van der Waals surface area contributed by atoms with Crippen molar-refractivity contribution < 1.29 is 0 Å². The van der Waals surface area contributed by atoms with Gasteiger partial charge < -0.3 is 16.0 Å². The van der Waals surface area contributed by atoms with Gasteiger partial charge in [0.05, 0.1) is 6.04 Å². The molecule has 0 unspecified atom stereocenters. The lowest BCUT2D eigenvalue weighted by Crippen LogP contribution is -2.51. The maximum absolute atomic E-state index is 4.28. The molecule has 2 fully saturated rings. The molecule has 1 aromatic rings. The van der Waals surface area contributed by atoms with Crippen LogP contribution in [-0.2, 0) is 0 Å². The normalized spacial score (nSPS) is 21.2. The van der Waals surface area contributed by atoms with E-state index in [4.69, 9.17) is 0 Å². The van der Waals surface area contributed by atoms with Gasteiger partial charge in [0, 0.05) is 25.2 Å². The molecule has 1 saturated heterocycles. The van der Waals surface area contributed by atoms with Crippen molar-refractivity contribution in [2.45, 2.75) is 37.8 Å². The van der Waals surface area contributed by atoms with E-state index in [1.807, 2.05) is 6.07 Å². The first-order chi connectivity index (χ1) is 8.40. The van der Waals surface area contributed by atoms with E-state index >= 15 is 0 Å². The summed E-state index contributed by atoms with van der Waals surface area (Å²) in [7, 11) is 0. The maximum atomic E-state index is 4.28. The quantitative estimate of drug-likeness (QED) is 0.730. The third kappa shape index (κ3) is 2.66. The Bertz CT molecular complexity index is 371. The second-order valence-corrected chi connectivity index (χ2v) is 4.91. The van der Waals surface area contributed by atoms with Gasteiger partial charge in [-0.3, -0.25) is 0 Å². The minimum atomic E-state index is 0.518. The molecule has 3 rings (SSSR count). The first kappa shape index (κ1) is 10.8. The molecule has 5 heteroatoms. The highest BCUT2D eigenvalue weighted by Crippen LogP contribution is 2.22. The van der Waals surface area contributed by atoms with Gasteiger partial charge in [0.1, 0.15) is 18.0 Å². The number of nitrogens with one attached hydrogen (secondary N) is 3. The topological polar surface area (TPSA) is 61.9 Å². The number of anilines is 2. The first-order valence-corrected chi connectivity index (χ1v) is 6.46. The van der Waals surface area contributed by atoms with E-state index in [0.717, 1.165) is 24.7 Å². The number of hydrogen-bond acceptors (Lipinski definition) is 5. The van der Waals surface area contributed by atoms with Crippen LogP contribution in [0, 0.1) is 0 Å². The Labute approximate surface area is 101 Å². The van der Waals surface area contributed by atoms with Gasteiger partial charge in [-0.05, 0) is 12.8 Å². The summed E-state index contributed by atoms with van der Waals surface area (Å²) in [6.07, 6.45) is 6.83. The molecule has 1 aromatic heterocycles. The molecule has 0 aromatic carbocycles. The van der Waals surface area contributed by atoms with Gasteiger partial charge >= 0.3 is 0 Å². The SMILES string of the molecule is c1nc(NC2CCCC2)cc(NC2CNC2)n1. The molecule has 0 radical (unpaired) electrons. The molecule has 2 aliphatic rings. The Morgan fingerprint density at radius 2 is 1.65 bits per heavy atom. The first-order valence-electron chi connectivity index (χ1n) is 6.46. The van der Waals surface area contributed by atoms with E-state index in [-0.39, 0.29) is 0 Å². The van der Waals surface area contributed by atoms with Crippen molar-refractivity contribution in [1.82, 2.24) is 15.3 Å². The van der Waals surface area contributed by atoms with E-state index in [1.165, 1.54) is 25.7 Å². The fourth-order valence-corrected chi connectivity index (χ4v) is 2.39. The summed E-state index contributed by atoms with van der Waals surface area (Å²) in [4.78, 5) is 8.52. The highest BCUT2D eigenvalue weighted by Gasteiger charge is 2.18. The van der Waals surface area contributed by atoms with Gasteiger partial charge in [-0.2, -0.15) is 0 Å². The average molecular weight is 233 g/mol. The second kappa shape index (κ2) is 4.87. The molecular weight excluding hydrogens is 214 g/mol. The van der Waals surface area contributed by atoms with Gasteiger partial charge in [-0.1, -0.05) is 12.8 Å². The van der Waals surface area contributed by atoms with Crippen LogP contribution in [0.15, 0.2) is 12.4 Å². The Hall–Kier alpha value is -1.36. The summed E-state index contributed by atoms with van der Waals surface area (Å²) in [5, 5.41) is 10.1. The molecule has 5 nitrogen and oxygen atoms in total. The number of nitrogens with zero attached hydrogens (tertiary/aromatic N) is 2. The summed E-state index contributed by atoms with van der Waals surface area (Å²) in [6, 6.07) is 3.13. The molecular formula is C12H19N5. The minimum absolute atomic E-state index is 0.518. The predicted octanol–water partition coefficient (Wildman–Crippen LogP) is 1.21. The van der Waals surface area contributed by atoms with Crippen molar-refractivity contribution in [1.29, 1.82) is 0 Å². The molecule has 92 valence electrons. The van der Waals surface area contributed by atoms with Crippen molar-refractivity contribution in [3.8, 4) is 0 Å². The van der Waals surface area contributed by atoms with Crippen molar-refractivity contribution in [2.75, 3.05) is 23.7 Å². The average Bonchev–Trinajstić information content (AvgIpc) is 2.77. The van der Waals surface area contributed by atoms with Crippen LogP contribution < -0.4 is 16.0 Å². The van der Waals surface area contributed by atoms with Crippen LogP contribution >= 0.6 is 0 Å². The Kier molecular flexibility index (Phi) is 3.09. The molecule has 2 heterocycles. The predicted molar refractivity (Wildman–Crippen MR) is 68.2 cm³/mol. The van der Waals surface area contributed by atoms with Gasteiger partial charge in [-0.15, -0.1) is 0 Å². The number of aromatic nitrogens is 2. The smallest absolute Gasteiger partial charge is 0.131 e. The van der Waals surface area contributed by atoms with Gasteiger partial charge in [0.15, 0.2) is 0 Å². The van der Waals surface area contributed by atoms with Crippen LogP contribution in [0.1, 0.15) is 25.7 Å². The van der Waals surface area contributed by atoms with Crippen LogP contribution in [0.2, 0.25) is 0 Å². The lowest BCUT2D eigenvalue weighted by Gasteiger charge is -2.28. The van der Waals surface area contributed by atoms with E-state index in [9.17, 15) is 0 Å². The van der Waals surface area contributed by atoms with Crippen molar-refractivity contribution in [3.63, 3.8) is 0 Å². The summed E-state index contributed by atoms with van der Waals surface area (Å²) >= 11 is 0. The zero-order chi connectivity index (χ0) is 11.5. The minimum Gasteiger partial charge on any atom is -0.367 e. The summed E-state index contributed by atoms with van der Waals surface area (Å²) < 4.78 is 0. The number of rotatable bonds is 4. The zero-order valence-electron chi connectivity index (χ0n) is 9.95. The maximum Gasteiger partial charge on any atom is 0.131 e. The van der Waals surface area contributed by atoms with Crippen molar-refractivity contribution >= 4 is 11.6 Å². The van der Waals surface area contributed by atoms with E-state index in [1.54, 1.807) is 6.33 Å². The second-order valence-electron chi connectivity index (χ2n) is 4.91. The fourth-order valence-electron chi connectivity index (χ4n) is 2.39. The number of hydrogen-bond donors (Lipinski definition) is 3. The highest BCUT2D eigenvalue weighted by atomic mass is 15.1. The Morgan fingerprint density at radius 1 is 1.00 bits per heavy atom. The molecule has 1 aliphatic heterocycles. The zero-order valence-corrected chi connectivity index (χ0v) is 9.95. The van der Waals surface area contributed by atoms with E-state index in [0.29, 0.717) is 12.1 Å². The van der Waals surface area contributed by atoms with Crippen LogP contribution in [-0.4, -0.2) is 35.1 Å². The molecule has 17 heavy (non-hydrogen) atoms. The summed E-state index contributed by atoms with van der Waals surface area (Å²) in [6.45, 7) is 2.05. The Morgan fingerprint density at radius 3 is 2.24 bits per heavy atom. The van der Waals surface area contributed by atoms with Gasteiger partial charge in [0.2, 0.25) is 0 Å². The van der Waals surface area contributed by atoms with Crippen LogP contribution in [0.4, 0.5) is 11.6 Å². The molecule has 0 atom stereocenters. The molecule has 1 saturated carbocycles. The van der Waals surface area contributed by atoms with Gasteiger partial charge in [0.25, 0.3) is 0 Å². The molecule has 3 N–H and O–H groups in total. The van der Waals surface area contributed by atoms with Crippen LogP contribution in [0.3, 0.4) is 0 Å². The Balaban J connectivity index is 1.61. The lowest BCUT2D eigenvalue weighted by atomic mass is 10.2. The lowest BCUT2D eigenvalue weighted by molar-refractivity contribution is 0.471. The van der Waals surface area contributed by atoms with Crippen LogP contribution in [0.5, 0.6) is 0 Å². The van der Waals surface area contributed by atoms with Crippen molar-refractivity contribution in [2.24, 2.45) is 0 Å². The summed E-state index contributed by atoms with van der Waals surface area (Å²) in [5.41, 5.74) is 0. The third-order valence-corrected chi connectivity index (χ3v) is 3.51. The largest absolute Gasteiger partial charge is 0.367 e. The molecule has 0 bridgehead atoms. The highest BCUT2D eigenvalue weighted by molar-refractivity contribution is 5.47. The van der Waals surface area contributed by atoms with E-state index in [2.05, 4.69) is 25.9 Å². The molecule has 0 amide bonds. The monoisotopic (exact) mass is 233 g/mol. The third-order valence-electron chi connectivity index (χ3n) is 3.51. The standard InChI is InChI=1S/C12H19N5/c1-2-4-9(3-1)16-11-5-12(15-8-14-11)17-10-6-13-7-10/h5,8-10,13H,1-4,6-7H2,(H2,14,15,16,17). The van der Waals surface area contributed by atoms with Crippen molar-refractivity contribution in [3.05, 3.63) is 12.4 Å². The van der Waals surface area contributed by atoms with E-state index < -0.39 is 0 Å². The fraction of sp³-hybridized carbons (Fsp3) is 0.667. The molecule has 0 spiro atoms.